The summed E-state index contributed by atoms with van der Waals surface area (Å²) in [5.41, 5.74) is 2.08. The average molecular weight is 433 g/mol. The van der Waals surface area contributed by atoms with E-state index in [-0.39, 0.29) is 42.2 Å². The monoisotopic (exact) mass is 432 g/mol. The van der Waals surface area contributed by atoms with Crippen molar-refractivity contribution in [3.05, 3.63) is 59.3 Å². The van der Waals surface area contributed by atoms with Crippen LogP contribution in [0.15, 0.2) is 42.5 Å². The Morgan fingerprint density at radius 1 is 1.13 bits per heavy atom. The minimum atomic E-state index is -0.565. The lowest BCUT2D eigenvalue weighted by atomic mass is 10.0. The zero-order chi connectivity index (χ0) is 21.0. The third-order valence-electron chi connectivity index (χ3n) is 4.79. The van der Waals surface area contributed by atoms with Crippen LogP contribution in [0.4, 0.5) is 0 Å². The van der Waals surface area contributed by atoms with Gasteiger partial charge in [0.15, 0.2) is 5.78 Å². The lowest BCUT2D eigenvalue weighted by molar-refractivity contribution is 0.0595. The number of aromatic hydroxyl groups is 1. The van der Waals surface area contributed by atoms with Crippen molar-refractivity contribution in [2.24, 2.45) is 0 Å². The number of methoxy groups -OCH3 is 2. The summed E-state index contributed by atoms with van der Waals surface area (Å²) in [4.78, 5) is 27.3. The van der Waals surface area contributed by atoms with Crippen LogP contribution in [0.25, 0.3) is 10.9 Å². The molecule has 1 unspecified atom stereocenters. The molecule has 3 N–H and O–H groups in total. The largest absolute Gasteiger partial charge is 0.506 e. The number of fused-ring (bicyclic) bond motifs is 1. The van der Waals surface area contributed by atoms with Gasteiger partial charge in [0.1, 0.15) is 17.2 Å². The fourth-order valence-electron chi connectivity index (χ4n) is 3.22. The summed E-state index contributed by atoms with van der Waals surface area (Å²) in [5.74, 6) is 0.0727. The van der Waals surface area contributed by atoms with Crippen molar-refractivity contribution in [2.75, 3.05) is 20.8 Å². The SMILES string of the molecule is COC(=O)c1cc2c(C(=O)CNC(C)Cc3ccc(OC)cc3)ccc(O)c2[nH]1.Cl. The third-order valence-corrected chi connectivity index (χ3v) is 4.79. The number of phenolic OH excluding ortho intramolecular Hbond substituents is 1. The number of ether oxygens (including phenoxy) is 2. The molecule has 1 atom stereocenters. The number of nitrogens with one attached hydrogen (secondary N) is 2. The molecule has 1 aromatic heterocycles. The van der Waals surface area contributed by atoms with Crippen LogP contribution in [0.3, 0.4) is 0 Å². The molecule has 0 bridgehead atoms. The van der Waals surface area contributed by atoms with E-state index in [2.05, 4.69) is 10.3 Å². The summed E-state index contributed by atoms with van der Waals surface area (Å²) in [7, 11) is 2.90. The summed E-state index contributed by atoms with van der Waals surface area (Å²) in [6.07, 6.45) is 0.763. The Balaban J connectivity index is 0.00000320. The van der Waals surface area contributed by atoms with E-state index >= 15 is 0 Å². The fraction of sp³-hybridized carbons (Fsp3) is 0.273. The number of hydrogen-bond donors (Lipinski definition) is 3. The maximum atomic E-state index is 12.8. The highest BCUT2D eigenvalue weighted by molar-refractivity contribution is 6.11. The summed E-state index contributed by atoms with van der Waals surface area (Å²) in [5, 5.41) is 13.8. The Morgan fingerprint density at radius 3 is 2.47 bits per heavy atom. The van der Waals surface area contributed by atoms with Crippen molar-refractivity contribution in [3.8, 4) is 11.5 Å². The summed E-state index contributed by atoms with van der Waals surface area (Å²) >= 11 is 0. The predicted molar refractivity (Wildman–Crippen MR) is 117 cm³/mol. The standard InChI is InChI=1S/C22H24N2O5.ClH/c1-13(10-14-4-6-15(28-2)7-5-14)23-12-20(26)16-8-9-19(25)21-17(16)11-18(24-21)22(27)29-3;/h4-9,11,13,23-25H,10,12H2,1-3H3;1H. The highest BCUT2D eigenvalue weighted by Crippen LogP contribution is 2.28. The maximum Gasteiger partial charge on any atom is 0.354 e. The van der Waals surface area contributed by atoms with Crippen LogP contribution in [0.5, 0.6) is 11.5 Å². The van der Waals surface area contributed by atoms with E-state index < -0.39 is 5.97 Å². The van der Waals surface area contributed by atoms with Gasteiger partial charge in [0.05, 0.1) is 26.3 Å². The van der Waals surface area contributed by atoms with E-state index in [4.69, 9.17) is 9.47 Å². The number of aromatic nitrogens is 1. The number of halogens is 1. The van der Waals surface area contributed by atoms with Gasteiger partial charge in [-0.3, -0.25) is 4.79 Å². The molecular formula is C22H25ClN2O5. The Labute approximate surface area is 180 Å². The van der Waals surface area contributed by atoms with Crippen molar-refractivity contribution in [2.45, 2.75) is 19.4 Å². The Kier molecular flexibility index (Phi) is 7.86. The predicted octanol–water partition coefficient (Wildman–Crippen LogP) is 3.49. The molecule has 8 heteroatoms. The summed E-state index contributed by atoms with van der Waals surface area (Å²) in [6, 6.07) is 12.4. The number of H-pyrrole nitrogens is 1. The first-order chi connectivity index (χ1) is 13.9. The van der Waals surface area contributed by atoms with Gasteiger partial charge in [-0.05, 0) is 49.2 Å². The Morgan fingerprint density at radius 2 is 1.83 bits per heavy atom. The number of aromatic amines is 1. The number of Topliss-reactive ketones (excluding diaryl/α,β-unsaturated/α-hetero) is 1. The quantitative estimate of drug-likeness (QED) is 0.372. The van der Waals surface area contributed by atoms with Crippen LogP contribution < -0.4 is 10.1 Å². The van der Waals surface area contributed by atoms with E-state index in [0.29, 0.717) is 16.5 Å². The van der Waals surface area contributed by atoms with Crippen LogP contribution in [0.1, 0.15) is 33.3 Å². The average Bonchev–Trinajstić information content (AvgIpc) is 3.18. The van der Waals surface area contributed by atoms with Crippen molar-refractivity contribution in [1.29, 1.82) is 0 Å². The smallest absolute Gasteiger partial charge is 0.354 e. The number of phenols is 1. The molecule has 3 aromatic rings. The van der Waals surface area contributed by atoms with E-state index in [0.717, 1.165) is 17.7 Å². The molecule has 0 fully saturated rings. The number of hydrogen-bond acceptors (Lipinski definition) is 6. The van der Waals surface area contributed by atoms with E-state index in [1.807, 2.05) is 31.2 Å². The van der Waals surface area contributed by atoms with Gasteiger partial charge in [-0.2, -0.15) is 0 Å². The molecule has 0 radical (unpaired) electrons. The van der Waals surface area contributed by atoms with E-state index in [1.54, 1.807) is 13.2 Å². The lowest BCUT2D eigenvalue weighted by Crippen LogP contribution is -2.33. The number of carbonyl (C=O) groups is 2. The Bertz CT molecular complexity index is 1030. The van der Waals surface area contributed by atoms with Crippen LogP contribution in [0, 0.1) is 0 Å². The molecule has 1 heterocycles. The number of ketones is 1. The first-order valence-electron chi connectivity index (χ1n) is 9.25. The van der Waals surface area contributed by atoms with Crippen LogP contribution in [-0.4, -0.2) is 48.6 Å². The molecule has 0 spiro atoms. The zero-order valence-corrected chi connectivity index (χ0v) is 17.8. The number of carbonyl (C=O) groups excluding carboxylic acids is 2. The number of rotatable bonds is 8. The van der Waals surface area contributed by atoms with Gasteiger partial charge in [0.2, 0.25) is 0 Å². The van der Waals surface area contributed by atoms with E-state index in [1.165, 1.54) is 19.2 Å². The molecule has 7 nitrogen and oxygen atoms in total. The minimum absolute atomic E-state index is 0. The normalized spacial score (nSPS) is 11.6. The van der Waals surface area contributed by atoms with Crippen molar-refractivity contribution in [3.63, 3.8) is 0 Å². The van der Waals surface area contributed by atoms with Crippen LogP contribution in [-0.2, 0) is 11.2 Å². The summed E-state index contributed by atoms with van der Waals surface area (Å²) in [6.45, 7) is 2.14. The van der Waals surface area contributed by atoms with Gasteiger partial charge in [-0.25, -0.2) is 4.79 Å². The van der Waals surface area contributed by atoms with Gasteiger partial charge < -0.3 is 24.9 Å². The number of benzene rings is 2. The second-order valence-corrected chi connectivity index (χ2v) is 6.85. The molecule has 0 aliphatic rings. The third kappa shape index (κ3) is 5.11. The van der Waals surface area contributed by atoms with E-state index in [9.17, 15) is 14.7 Å². The van der Waals surface area contributed by atoms with Gasteiger partial charge in [-0.15, -0.1) is 12.4 Å². The molecule has 30 heavy (non-hydrogen) atoms. The molecule has 3 rings (SSSR count). The van der Waals surface area contributed by atoms with Gasteiger partial charge in [0, 0.05) is 17.0 Å². The highest BCUT2D eigenvalue weighted by Gasteiger charge is 2.18. The Hall–Kier alpha value is -3.03. The molecule has 0 saturated heterocycles. The maximum absolute atomic E-state index is 12.8. The highest BCUT2D eigenvalue weighted by atomic mass is 35.5. The van der Waals surface area contributed by atoms with Crippen molar-refractivity contribution >= 4 is 35.1 Å². The van der Waals surface area contributed by atoms with Crippen molar-refractivity contribution in [1.82, 2.24) is 10.3 Å². The molecule has 0 amide bonds. The van der Waals surface area contributed by atoms with Crippen LogP contribution >= 0.6 is 12.4 Å². The van der Waals surface area contributed by atoms with Gasteiger partial charge >= 0.3 is 5.97 Å². The van der Waals surface area contributed by atoms with Gasteiger partial charge in [0.25, 0.3) is 0 Å². The lowest BCUT2D eigenvalue weighted by Gasteiger charge is -2.14. The summed E-state index contributed by atoms with van der Waals surface area (Å²) < 4.78 is 9.86. The molecular weight excluding hydrogens is 408 g/mol. The molecule has 160 valence electrons. The molecule has 2 aromatic carbocycles. The molecule has 0 aliphatic carbocycles. The molecule has 0 aliphatic heterocycles. The minimum Gasteiger partial charge on any atom is -0.506 e. The fourth-order valence-corrected chi connectivity index (χ4v) is 3.22. The second kappa shape index (κ2) is 10.1. The first-order valence-corrected chi connectivity index (χ1v) is 9.25. The van der Waals surface area contributed by atoms with Crippen molar-refractivity contribution < 1.29 is 24.2 Å². The zero-order valence-electron chi connectivity index (χ0n) is 17.0. The second-order valence-electron chi connectivity index (χ2n) is 6.85. The molecule has 0 saturated carbocycles. The van der Waals surface area contributed by atoms with Crippen LogP contribution in [0.2, 0.25) is 0 Å². The van der Waals surface area contributed by atoms with Gasteiger partial charge in [-0.1, -0.05) is 12.1 Å². The number of esters is 1. The first kappa shape index (κ1) is 23.3. The topological polar surface area (TPSA) is 101 Å².